The first-order valence-electron chi connectivity index (χ1n) is 6.43. The lowest BCUT2D eigenvalue weighted by atomic mass is 9.82. The molecule has 0 radical (unpaired) electrons. The highest BCUT2D eigenvalue weighted by Gasteiger charge is 2.19. The van der Waals surface area contributed by atoms with Crippen molar-refractivity contribution in [3.63, 3.8) is 0 Å². The van der Waals surface area contributed by atoms with Gasteiger partial charge in [-0.3, -0.25) is 4.98 Å². The van der Waals surface area contributed by atoms with Crippen LogP contribution in [-0.4, -0.2) is 11.0 Å². The van der Waals surface area contributed by atoms with Crippen molar-refractivity contribution < 1.29 is 0 Å². The van der Waals surface area contributed by atoms with E-state index < -0.39 is 0 Å². The number of nitrogens with two attached hydrogens (primary N) is 1. The van der Waals surface area contributed by atoms with Gasteiger partial charge in [-0.2, -0.15) is 0 Å². The van der Waals surface area contributed by atoms with Crippen LogP contribution in [0.2, 0.25) is 0 Å². The fourth-order valence-electron chi connectivity index (χ4n) is 2.80. The third kappa shape index (κ3) is 2.18. The normalized spacial score (nSPS) is 25.0. The van der Waals surface area contributed by atoms with Gasteiger partial charge < -0.3 is 5.73 Å². The Balaban J connectivity index is 1.90. The molecule has 0 amide bonds. The topological polar surface area (TPSA) is 38.9 Å². The first kappa shape index (κ1) is 10.7. The first-order chi connectivity index (χ1) is 8.33. The van der Waals surface area contributed by atoms with Crippen molar-refractivity contribution in [1.82, 2.24) is 4.98 Å². The minimum Gasteiger partial charge on any atom is -0.328 e. The Kier molecular flexibility index (Phi) is 2.81. The smallest absolute Gasteiger partial charge is 0.0702 e. The van der Waals surface area contributed by atoms with E-state index in [0.29, 0.717) is 12.0 Å². The third-order valence-electron chi connectivity index (χ3n) is 3.87. The Morgan fingerprint density at radius 1 is 1.06 bits per heavy atom. The lowest BCUT2D eigenvalue weighted by molar-refractivity contribution is 0.396. The van der Waals surface area contributed by atoms with Crippen LogP contribution in [0.25, 0.3) is 10.9 Å². The van der Waals surface area contributed by atoms with E-state index in [-0.39, 0.29) is 0 Å². The van der Waals surface area contributed by atoms with E-state index in [2.05, 4.69) is 29.2 Å². The van der Waals surface area contributed by atoms with Crippen LogP contribution in [0, 0.1) is 0 Å². The summed E-state index contributed by atoms with van der Waals surface area (Å²) in [6.07, 6.45) is 6.63. The minimum atomic E-state index is 0.424. The monoisotopic (exact) mass is 226 g/mol. The van der Waals surface area contributed by atoms with E-state index in [0.717, 1.165) is 18.4 Å². The molecule has 3 rings (SSSR count). The first-order valence-corrected chi connectivity index (χ1v) is 6.43. The molecule has 2 nitrogen and oxygen atoms in total. The molecule has 88 valence electrons. The summed E-state index contributed by atoms with van der Waals surface area (Å²) < 4.78 is 0. The van der Waals surface area contributed by atoms with Crippen LogP contribution in [0.15, 0.2) is 36.5 Å². The Bertz CT molecular complexity index is 513. The van der Waals surface area contributed by atoms with Crippen LogP contribution in [0.1, 0.15) is 37.2 Å². The van der Waals surface area contributed by atoms with Crippen molar-refractivity contribution in [3.8, 4) is 0 Å². The minimum absolute atomic E-state index is 0.424. The molecule has 2 heteroatoms. The molecule has 0 aliphatic heterocycles. The second-order valence-electron chi connectivity index (χ2n) is 5.07. The number of rotatable bonds is 1. The lowest BCUT2D eigenvalue weighted by Crippen LogP contribution is -2.25. The van der Waals surface area contributed by atoms with E-state index in [1.54, 1.807) is 0 Å². The average molecular weight is 226 g/mol. The third-order valence-corrected chi connectivity index (χ3v) is 3.87. The molecule has 1 heterocycles. The molecule has 1 fully saturated rings. The number of hydrogen-bond donors (Lipinski definition) is 1. The Morgan fingerprint density at radius 3 is 2.71 bits per heavy atom. The van der Waals surface area contributed by atoms with E-state index in [1.165, 1.54) is 23.8 Å². The van der Waals surface area contributed by atoms with Gasteiger partial charge in [0.25, 0.3) is 0 Å². The highest BCUT2D eigenvalue weighted by atomic mass is 14.6. The van der Waals surface area contributed by atoms with Crippen molar-refractivity contribution in [2.45, 2.75) is 37.6 Å². The second kappa shape index (κ2) is 4.46. The van der Waals surface area contributed by atoms with Gasteiger partial charge in [0, 0.05) is 17.6 Å². The molecule has 1 aliphatic carbocycles. The number of nitrogens with zero attached hydrogens (tertiary/aromatic N) is 1. The molecule has 1 aromatic heterocycles. The largest absolute Gasteiger partial charge is 0.328 e. The second-order valence-corrected chi connectivity index (χ2v) is 5.07. The summed E-state index contributed by atoms with van der Waals surface area (Å²) in [7, 11) is 0. The number of hydrogen-bond acceptors (Lipinski definition) is 2. The number of benzene rings is 1. The Hall–Kier alpha value is -1.41. The summed E-state index contributed by atoms with van der Waals surface area (Å²) in [5.74, 6) is 0.694. The van der Waals surface area contributed by atoms with Gasteiger partial charge in [-0.25, -0.2) is 0 Å². The van der Waals surface area contributed by atoms with Crippen LogP contribution in [0.5, 0.6) is 0 Å². The molecule has 2 aromatic rings. The number of aromatic nitrogens is 1. The van der Waals surface area contributed by atoms with Gasteiger partial charge in [-0.05, 0) is 55.4 Å². The maximum absolute atomic E-state index is 5.96. The maximum Gasteiger partial charge on any atom is 0.0702 e. The SMILES string of the molecule is NC1CCC(c2ccc3ncccc3c2)CC1. The molecule has 0 atom stereocenters. The molecule has 1 saturated carbocycles. The lowest BCUT2D eigenvalue weighted by Gasteiger charge is -2.26. The summed E-state index contributed by atoms with van der Waals surface area (Å²) in [5, 5.41) is 1.25. The van der Waals surface area contributed by atoms with E-state index >= 15 is 0 Å². The number of pyridine rings is 1. The highest BCUT2D eigenvalue weighted by molar-refractivity contribution is 5.79. The van der Waals surface area contributed by atoms with Crippen LogP contribution < -0.4 is 5.73 Å². The fraction of sp³-hybridized carbons (Fsp3) is 0.400. The van der Waals surface area contributed by atoms with E-state index in [9.17, 15) is 0 Å². The van der Waals surface area contributed by atoms with Crippen molar-refractivity contribution in [3.05, 3.63) is 42.1 Å². The van der Waals surface area contributed by atoms with Crippen molar-refractivity contribution >= 4 is 10.9 Å². The summed E-state index contributed by atoms with van der Waals surface area (Å²) >= 11 is 0. The highest BCUT2D eigenvalue weighted by Crippen LogP contribution is 2.33. The van der Waals surface area contributed by atoms with Gasteiger partial charge in [-0.15, -0.1) is 0 Å². The summed E-state index contributed by atoms with van der Waals surface area (Å²) in [6.45, 7) is 0. The molecular formula is C15H18N2. The molecule has 0 unspecified atom stereocenters. The zero-order valence-corrected chi connectivity index (χ0v) is 9.97. The predicted octanol–water partition coefficient (Wildman–Crippen LogP) is 3.22. The molecule has 0 saturated heterocycles. The van der Waals surface area contributed by atoms with Gasteiger partial charge in [0.1, 0.15) is 0 Å². The summed E-state index contributed by atoms with van der Waals surface area (Å²) in [6, 6.07) is 11.2. The van der Waals surface area contributed by atoms with Crippen molar-refractivity contribution in [2.75, 3.05) is 0 Å². The number of fused-ring (bicyclic) bond motifs is 1. The van der Waals surface area contributed by atoms with Crippen molar-refractivity contribution in [1.29, 1.82) is 0 Å². The molecule has 0 spiro atoms. The maximum atomic E-state index is 5.96. The van der Waals surface area contributed by atoms with Gasteiger partial charge in [0.15, 0.2) is 0 Å². The predicted molar refractivity (Wildman–Crippen MR) is 70.9 cm³/mol. The molecule has 0 bridgehead atoms. The van der Waals surface area contributed by atoms with Gasteiger partial charge in [0.05, 0.1) is 5.52 Å². The van der Waals surface area contributed by atoms with Gasteiger partial charge in [0.2, 0.25) is 0 Å². The van der Waals surface area contributed by atoms with Crippen LogP contribution in [0.3, 0.4) is 0 Å². The van der Waals surface area contributed by atoms with E-state index in [1.807, 2.05) is 12.3 Å². The van der Waals surface area contributed by atoms with Gasteiger partial charge in [-0.1, -0.05) is 12.1 Å². The van der Waals surface area contributed by atoms with Crippen molar-refractivity contribution in [2.24, 2.45) is 5.73 Å². The van der Waals surface area contributed by atoms with E-state index in [4.69, 9.17) is 5.73 Å². The molecule has 17 heavy (non-hydrogen) atoms. The summed E-state index contributed by atoms with van der Waals surface area (Å²) in [5.41, 5.74) is 8.50. The molecular weight excluding hydrogens is 208 g/mol. The van der Waals surface area contributed by atoms with Gasteiger partial charge >= 0.3 is 0 Å². The van der Waals surface area contributed by atoms with Crippen LogP contribution in [-0.2, 0) is 0 Å². The molecule has 1 aliphatic rings. The Labute approximate surface area is 102 Å². The molecule has 1 aromatic carbocycles. The van der Waals surface area contributed by atoms with Crippen LogP contribution >= 0.6 is 0 Å². The zero-order valence-electron chi connectivity index (χ0n) is 9.97. The summed E-state index contributed by atoms with van der Waals surface area (Å²) in [4.78, 5) is 4.36. The molecule has 2 N–H and O–H groups in total. The Morgan fingerprint density at radius 2 is 1.88 bits per heavy atom. The van der Waals surface area contributed by atoms with Crippen LogP contribution in [0.4, 0.5) is 0 Å². The fourth-order valence-corrected chi connectivity index (χ4v) is 2.80. The zero-order chi connectivity index (χ0) is 11.7. The quantitative estimate of drug-likeness (QED) is 0.811. The standard InChI is InChI=1S/C15H18N2/c16-14-6-3-11(4-7-14)12-5-8-15-13(10-12)2-1-9-17-15/h1-2,5,8-11,14H,3-4,6-7,16H2. The average Bonchev–Trinajstić information content (AvgIpc) is 2.39.